The molecule has 1 radical (unpaired) electrons. The molecule has 0 aliphatic carbocycles. The molecule has 0 atom stereocenters. The van der Waals surface area contributed by atoms with Crippen molar-refractivity contribution in [3.63, 3.8) is 0 Å². The fourth-order valence-corrected chi connectivity index (χ4v) is 3.66. The summed E-state index contributed by atoms with van der Waals surface area (Å²) in [5, 5.41) is -7.55. The molecule has 0 aromatic rings. The lowest BCUT2D eigenvalue weighted by Gasteiger charge is -2.43. The second-order valence-corrected chi connectivity index (χ2v) is 8.60. The lowest BCUT2D eigenvalue weighted by molar-refractivity contribution is -0.458. The van der Waals surface area contributed by atoms with Gasteiger partial charge < -0.3 is 0 Å². The summed E-state index contributed by atoms with van der Waals surface area (Å²) < 4.78 is 247. The normalized spacial score (nSPS) is 16.5. The van der Waals surface area contributed by atoms with E-state index >= 15 is 0 Å². The van der Waals surface area contributed by atoms with Crippen molar-refractivity contribution in [2.45, 2.75) is 66.9 Å². The summed E-state index contributed by atoms with van der Waals surface area (Å²) >= 11 is 0. The average molecular weight is 568 g/mol. The van der Waals surface area contributed by atoms with Crippen LogP contribution < -0.4 is 0 Å². The Labute approximate surface area is 178 Å². The molecule has 0 aromatic carbocycles. The van der Waals surface area contributed by atoms with Crippen molar-refractivity contribution in [1.29, 1.82) is 0 Å². The van der Waals surface area contributed by atoms with Gasteiger partial charge in [-0.3, -0.25) is 0 Å². The van der Waals surface area contributed by atoms with Gasteiger partial charge in [0.15, 0.2) is 0 Å². The zero-order valence-corrected chi connectivity index (χ0v) is 16.9. The standard InChI is InChI=1S/C13H11F17NO2S/c1-4-31(5(2)3)34(32,33)13(29,30)11(24,25)9(20,21)7(16,17)6(14,15)8(18,19)10(22,23)12(26,27)28/h5H,1,4H2,2-3H3. The van der Waals surface area contributed by atoms with Gasteiger partial charge in [-0.2, -0.15) is 78.9 Å². The van der Waals surface area contributed by atoms with Gasteiger partial charge in [-0.1, -0.05) is 0 Å². The minimum Gasteiger partial charge on any atom is -0.206 e. The SMILES string of the molecule is [CH2]CN(C(C)C)S(=O)(=O)C(F)(F)C(F)(F)C(F)(F)C(F)(F)C(F)(F)C(F)(F)C(F)(F)C(F)(F)F. The zero-order chi connectivity index (χ0) is 28.4. The number of alkyl halides is 17. The summed E-state index contributed by atoms with van der Waals surface area (Å²) in [4.78, 5) is 0. The van der Waals surface area contributed by atoms with Crippen molar-refractivity contribution in [3.05, 3.63) is 6.92 Å². The average Bonchev–Trinajstić information content (AvgIpc) is 2.59. The van der Waals surface area contributed by atoms with Gasteiger partial charge in [0.05, 0.1) is 0 Å². The molecular weight excluding hydrogens is 557 g/mol. The van der Waals surface area contributed by atoms with Gasteiger partial charge in [-0.05, 0) is 20.8 Å². The van der Waals surface area contributed by atoms with Crippen LogP contribution in [-0.2, 0) is 10.0 Å². The summed E-state index contributed by atoms with van der Waals surface area (Å²) in [6.07, 6.45) is -7.87. The first-order valence-electron chi connectivity index (χ1n) is 7.91. The Bertz CT molecular complexity index is 846. The maximum absolute atomic E-state index is 13.9. The molecule has 21 heteroatoms. The molecule has 0 rings (SSSR count). The molecule has 0 heterocycles. The van der Waals surface area contributed by atoms with Gasteiger partial charge in [0.1, 0.15) is 0 Å². The fourth-order valence-electron chi connectivity index (χ4n) is 2.11. The maximum Gasteiger partial charge on any atom is 0.460 e. The van der Waals surface area contributed by atoms with Gasteiger partial charge in [-0.15, -0.1) is 0 Å². The predicted octanol–water partition coefficient (Wildman–Crippen LogP) is 5.83. The molecule has 0 aliphatic heterocycles. The van der Waals surface area contributed by atoms with Crippen LogP contribution in [0.15, 0.2) is 0 Å². The summed E-state index contributed by atoms with van der Waals surface area (Å²) in [6.45, 7) is 2.34. The molecule has 205 valence electrons. The molecule has 0 saturated carbocycles. The van der Waals surface area contributed by atoms with E-state index in [1.165, 1.54) is 0 Å². The van der Waals surface area contributed by atoms with Crippen LogP contribution >= 0.6 is 0 Å². The van der Waals surface area contributed by atoms with Crippen molar-refractivity contribution in [2.75, 3.05) is 6.54 Å². The molecule has 0 amide bonds. The van der Waals surface area contributed by atoms with Crippen molar-refractivity contribution in [3.8, 4) is 0 Å². The highest BCUT2D eigenvalue weighted by molar-refractivity contribution is 7.90. The lowest BCUT2D eigenvalue weighted by Crippen LogP contribution is -2.75. The van der Waals surface area contributed by atoms with E-state index in [0.29, 0.717) is 13.8 Å². The van der Waals surface area contributed by atoms with E-state index < -0.39 is 73.9 Å². The first kappa shape index (κ1) is 32.7. The number of rotatable bonds is 10. The molecular formula is C13H11F17NO2S. The summed E-state index contributed by atoms with van der Waals surface area (Å²) in [5.41, 5.74) is 0. The van der Waals surface area contributed by atoms with Gasteiger partial charge in [0.2, 0.25) is 0 Å². The number of hydrogen-bond acceptors (Lipinski definition) is 2. The molecule has 0 aromatic heterocycles. The monoisotopic (exact) mass is 568 g/mol. The van der Waals surface area contributed by atoms with Gasteiger partial charge in [0, 0.05) is 12.6 Å². The van der Waals surface area contributed by atoms with Gasteiger partial charge >= 0.3 is 47.0 Å². The quantitative estimate of drug-likeness (QED) is 0.312. The molecule has 0 fully saturated rings. The Kier molecular flexibility index (Phi) is 8.08. The maximum atomic E-state index is 13.9. The molecule has 0 N–H and O–H groups in total. The van der Waals surface area contributed by atoms with Crippen LogP contribution in [0, 0.1) is 6.92 Å². The second-order valence-electron chi connectivity index (χ2n) is 6.67. The van der Waals surface area contributed by atoms with Crippen LogP contribution in [0.5, 0.6) is 0 Å². The van der Waals surface area contributed by atoms with Crippen molar-refractivity contribution >= 4 is 10.0 Å². The third-order valence-electron chi connectivity index (χ3n) is 4.12. The van der Waals surface area contributed by atoms with Crippen LogP contribution in [-0.4, -0.2) is 72.3 Å². The van der Waals surface area contributed by atoms with E-state index in [1.807, 2.05) is 0 Å². The highest BCUT2D eigenvalue weighted by Crippen LogP contribution is 2.64. The molecule has 0 unspecified atom stereocenters. The number of hydrogen-bond donors (Lipinski definition) is 0. The van der Waals surface area contributed by atoms with E-state index in [2.05, 4.69) is 6.92 Å². The second kappa shape index (κ2) is 8.39. The van der Waals surface area contributed by atoms with Crippen LogP contribution in [0.2, 0.25) is 0 Å². The third-order valence-corrected chi connectivity index (χ3v) is 6.25. The molecule has 3 nitrogen and oxygen atoms in total. The van der Waals surface area contributed by atoms with Crippen LogP contribution in [0.25, 0.3) is 0 Å². The topological polar surface area (TPSA) is 37.4 Å². The predicted molar refractivity (Wildman–Crippen MR) is 76.8 cm³/mol. The number of sulfonamides is 1. The van der Waals surface area contributed by atoms with E-state index in [-0.39, 0.29) is 0 Å². The number of nitrogens with zero attached hydrogens (tertiary/aromatic N) is 1. The first-order valence-corrected chi connectivity index (χ1v) is 9.35. The minimum atomic E-state index is -8.84. The van der Waals surface area contributed by atoms with Crippen molar-refractivity contribution < 1.29 is 83.1 Å². The minimum absolute atomic E-state index is 0.609. The number of halogens is 17. The van der Waals surface area contributed by atoms with Crippen LogP contribution in [0.4, 0.5) is 74.6 Å². The van der Waals surface area contributed by atoms with E-state index in [9.17, 15) is 83.1 Å². The van der Waals surface area contributed by atoms with E-state index in [4.69, 9.17) is 0 Å². The Hall–Kier alpha value is -1.28. The van der Waals surface area contributed by atoms with Crippen LogP contribution in [0.3, 0.4) is 0 Å². The molecule has 0 spiro atoms. The lowest BCUT2D eigenvalue weighted by atomic mass is 9.91. The molecule has 0 aliphatic rings. The summed E-state index contributed by atoms with van der Waals surface area (Å²) in [7, 11) is -7.27. The van der Waals surface area contributed by atoms with Crippen LogP contribution in [0.1, 0.15) is 13.8 Å². The van der Waals surface area contributed by atoms with Gasteiger partial charge in [0.25, 0.3) is 10.0 Å². The van der Waals surface area contributed by atoms with Crippen molar-refractivity contribution in [1.82, 2.24) is 4.31 Å². The summed E-state index contributed by atoms with van der Waals surface area (Å²) in [5.74, 6) is -51.6. The first-order chi connectivity index (χ1) is 14.4. The third kappa shape index (κ3) is 3.97. The Morgan fingerprint density at radius 2 is 0.853 bits per heavy atom. The smallest absolute Gasteiger partial charge is 0.206 e. The van der Waals surface area contributed by atoms with Gasteiger partial charge in [-0.25, -0.2) is 8.42 Å². The van der Waals surface area contributed by atoms with Crippen molar-refractivity contribution in [2.24, 2.45) is 0 Å². The zero-order valence-electron chi connectivity index (χ0n) is 16.1. The molecule has 0 bridgehead atoms. The molecule has 0 saturated heterocycles. The van der Waals surface area contributed by atoms with E-state index in [1.54, 1.807) is 0 Å². The Morgan fingerprint density at radius 3 is 1.09 bits per heavy atom. The highest BCUT2D eigenvalue weighted by atomic mass is 32.2. The summed E-state index contributed by atoms with van der Waals surface area (Å²) in [6, 6.07) is -1.87. The highest BCUT2D eigenvalue weighted by Gasteiger charge is 2.96. The molecule has 34 heavy (non-hydrogen) atoms. The van der Waals surface area contributed by atoms with E-state index in [0.717, 1.165) is 0 Å². The largest absolute Gasteiger partial charge is 0.460 e. The Morgan fingerprint density at radius 1 is 0.588 bits per heavy atom. The Balaban J connectivity index is 7.07. The fraction of sp³-hybridized carbons (Fsp3) is 0.923.